The van der Waals surface area contributed by atoms with Gasteiger partial charge in [0.05, 0.1) is 5.56 Å². The Hall–Kier alpha value is -2.07. The van der Waals surface area contributed by atoms with Gasteiger partial charge in [-0.05, 0) is 33.0 Å². The van der Waals surface area contributed by atoms with Gasteiger partial charge in [-0.3, -0.25) is 4.79 Å². The largest absolute Gasteiger partial charge is 0.461 e. The van der Waals surface area contributed by atoms with Gasteiger partial charge in [0.1, 0.15) is 11.5 Å². The summed E-state index contributed by atoms with van der Waals surface area (Å²) in [6, 6.07) is 11.9. The Morgan fingerprint density at radius 2 is 2.05 bits per heavy atom. The first-order valence-corrected chi connectivity index (χ1v) is 7.68. The Bertz CT molecular complexity index is 663. The number of benzene rings is 1. The van der Waals surface area contributed by atoms with Gasteiger partial charge in [-0.25, -0.2) is 0 Å². The number of nitrogens with zero attached hydrogens (tertiary/aromatic N) is 2. The summed E-state index contributed by atoms with van der Waals surface area (Å²) in [6.07, 6.45) is 1.02. The Morgan fingerprint density at radius 1 is 1.32 bits per heavy atom. The molecular weight excluding hydrogens is 276 g/mol. The van der Waals surface area contributed by atoms with E-state index in [1.165, 1.54) is 0 Å². The molecule has 1 aliphatic heterocycles. The maximum atomic E-state index is 12.9. The molecule has 3 rings (SSSR count). The molecule has 0 aliphatic carbocycles. The number of aryl methyl sites for hydroxylation is 1. The van der Waals surface area contributed by atoms with Crippen molar-refractivity contribution < 1.29 is 9.21 Å². The van der Waals surface area contributed by atoms with Crippen molar-refractivity contribution in [2.75, 3.05) is 27.2 Å². The normalized spacial score (nSPS) is 18.6. The molecule has 1 aromatic heterocycles. The van der Waals surface area contributed by atoms with Crippen molar-refractivity contribution in [1.82, 2.24) is 9.80 Å². The molecule has 1 aromatic carbocycles. The highest BCUT2D eigenvalue weighted by molar-refractivity contribution is 5.99. The number of likely N-dealkylation sites (N-methyl/N-ethyl adjacent to an activating group) is 2. The molecule has 1 fully saturated rings. The van der Waals surface area contributed by atoms with Crippen LogP contribution in [-0.2, 0) is 0 Å². The summed E-state index contributed by atoms with van der Waals surface area (Å²) in [4.78, 5) is 17.0. The summed E-state index contributed by atoms with van der Waals surface area (Å²) in [5, 5.41) is 0. The fourth-order valence-electron chi connectivity index (χ4n) is 3.06. The molecule has 22 heavy (non-hydrogen) atoms. The third-order valence-corrected chi connectivity index (χ3v) is 4.36. The van der Waals surface area contributed by atoms with Crippen LogP contribution in [0.5, 0.6) is 0 Å². The zero-order valence-electron chi connectivity index (χ0n) is 13.4. The second kappa shape index (κ2) is 5.97. The number of likely N-dealkylation sites (tertiary alicyclic amines) is 1. The zero-order valence-corrected chi connectivity index (χ0v) is 13.4. The van der Waals surface area contributed by atoms with Crippen LogP contribution in [0.3, 0.4) is 0 Å². The number of hydrogen-bond donors (Lipinski definition) is 0. The lowest BCUT2D eigenvalue weighted by Gasteiger charge is -2.24. The minimum atomic E-state index is 0.0380. The molecule has 0 N–H and O–H groups in total. The molecule has 1 aliphatic rings. The first-order valence-electron chi connectivity index (χ1n) is 7.68. The second-order valence-corrected chi connectivity index (χ2v) is 6.09. The lowest BCUT2D eigenvalue weighted by Crippen LogP contribution is -2.38. The smallest absolute Gasteiger partial charge is 0.257 e. The minimum Gasteiger partial charge on any atom is -0.461 e. The van der Waals surface area contributed by atoms with Crippen LogP contribution in [0, 0.1) is 6.92 Å². The second-order valence-electron chi connectivity index (χ2n) is 6.09. The molecule has 1 saturated heterocycles. The monoisotopic (exact) mass is 298 g/mol. The number of carbonyl (C=O) groups is 1. The topological polar surface area (TPSA) is 36.7 Å². The summed E-state index contributed by atoms with van der Waals surface area (Å²) < 4.78 is 5.80. The number of hydrogen-bond acceptors (Lipinski definition) is 3. The third-order valence-electron chi connectivity index (χ3n) is 4.36. The van der Waals surface area contributed by atoms with E-state index < -0.39 is 0 Å². The van der Waals surface area contributed by atoms with Crippen LogP contribution < -0.4 is 0 Å². The number of amides is 1. The van der Waals surface area contributed by atoms with Crippen LogP contribution >= 0.6 is 0 Å². The van der Waals surface area contributed by atoms with Crippen molar-refractivity contribution >= 4 is 5.91 Å². The van der Waals surface area contributed by atoms with Gasteiger partial charge in [-0.2, -0.15) is 0 Å². The molecular formula is C18H22N2O2. The summed E-state index contributed by atoms with van der Waals surface area (Å²) in [6.45, 7) is 3.85. The zero-order chi connectivity index (χ0) is 15.7. The SMILES string of the molecule is Cc1cc(C(=O)N(C)C2CCN(C)C2)c(-c2ccccc2)o1. The quantitative estimate of drug-likeness (QED) is 0.874. The molecule has 116 valence electrons. The molecule has 0 radical (unpaired) electrons. The van der Waals surface area contributed by atoms with Crippen molar-refractivity contribution in [2.45, 2.75) is 19.4 Å². The van der Waals surface area contributed by atoms with Crippen molar-refractivity contribution in [3.05, 3.63) is 47.7 Å². The van der Waals surface area contributed by atoms with E-state index in [0.29, 0.717) is 11.3 Å². The predicted octanol–water partition coefficient (Wildman–Crippen LogP) is 3.03. The van der Waals surface area contributed by atoms with Crippen molar-refractivity contribution in [1.29, 1.82) is 0 Å². The van der Waals surface area contributed by atoms with Gasteiger partial charge < -0.3 is 14.2 Å². The third kappa shape index (κ3) is 2.79. The van der Waals surface area contributed by atoms with E-state index in [9.17, 15) is 4.79 Å². The van der Waals surface area contributed by atoms with E-state index in [-0.39, 0.29) is 11.9 Å². The number of rotatable bonds is 3. The maximum Gasteiger partial charge on any atom is 0.257 e. The van der Waals surface area contributed by atoms with E-state index in [1.54, 1.807) is 0 Å². The molecule has 4 heteroatoms. The summed E-state index contributed by atoms with van der Waals surface area (Å²) >= 11 is 0. The summed E-state index contributed by atoms with van der Waals surface area (Å²) in [5.74, 6) is 1.47. The highest BCUT2D eigenvalue weighted by Gasteiger charge is 2.29. The molecule has 0 saturated carbocycles. The summed E-state index contributed by atoms with van der Waals surface area (Å²) in [7, 11) is 3.99. The van der Waals surface area contributed by atoms with Gasteiger partial charge >= 0.3 is 0 Å². The van der Waals surface area contributed by atoms with E-state index in [0.717, 1.165) is 30.8 Å². The van der Waals surface area contributed by atoms with E-state index >= 15 is 0 Å². The molecule has 1 atom stereocenters. The van der Waals surface area contributed by atoms with Crippen LogP contribution in [0.15, 0.2) is 40.8 Å². The van der Waals surface area contributed by atoms with Crippen LogP contribution in [0.2, 0.25) is 0 Å². The van der Waals surface area contributed by atoms with E-state index in [4.69, 9.17) is 4.42 Å². The Labute approximate surface area is 131 Å². The number of furan rings is 1. The van der Waals surface area contributed by atoms with Gasteiger partial charge in [0, 0.05) is 25.2 Å². The molecule has 0 bridgehead atoms. The van der Waals surface area contributed by atoms with Crippen LogP contribution in [0.1, 0.15) is 22.5 Å². The number of carbonyl (C=O) groups excluding carboxylic acids is 1. The van der Waals surface area contributed by atoms with Gasteiger partial charge in [0.2, 0.25) is 0 Å². The van der Waals surface area contributed by atoms with Crippen LogP contribution in [0.25, 0.3) is 11.3 Å². The lowest BCUT2D eigenvalue weighted by atomic mass is 10.1. The standard InChI is InChI=1S/C18H22N2O2/c1-13-11-16(17(22-13)14-7-5-4-6-8-14)18(21)20(3)15-9-10-19(2)12-15/h4-8,11,15H,9-10,12H2,1-3H3. The molecule has 1 unspecified atom stereocenters. The van der Waals surface area contributed by atoms with Gasteiger partial charge in [0.25, 0.3) is 5.91 Å². The van der Waals surface area contributed by atoms with Gasteiger partial charge in [-0.1, -0.05) is 30.3 Å². The van der Waals surface area contributed by atoms with Gasteiger partial charge in [0.15, 0.2) is 0 Å². The van der Waals surface area contributed by atoms with Crippen LogP contribution in [0.4, 0.5) is 0 Å². The Morgan fingerprint density at radius 3 is 2.68 bits per heavy atom. The van der Waals surface area contributed by atoms with Crippen molar-refractivity contribution in [3.63, 3.8) is 0 Å². The molecule has 4 nitrogen and oxygen atoms in total. The average molecular weight is 298 g/mol. The van der Waals surface area contributed by atoms with Gasteiger partial charge in [-0.15, -0.1) is 0 Å². The summed E-state index contributed by atoms with van der Waals surface area (Å²) in [5.41, 5.74) is 1.59. The molecule has 0 spiro atoms. The van der Waals surface area contributed by atoms with Crippen molar-refractivity contribution in [3.8, 4) is 11.3 Å². The van der Waals surface area contributed by atoms with Crippen LogP contribution in [-0.4, -0.2) is 48.9 Å². The fraction of sp³-hybridized carbons (Fsp3) is 0.389. The molecule has 2 aromatic rings. The first kappa shape index (κ1) is 14.9. The highest BCUT2D eigenvalue weighted by atomic mass is 16.3. The lowest BCUT2D eigenvalue weighted by molar-refractivity contribution is 0.0738. The van der Waals surface area contributed by atoms with E-state index in [1.807, 2.05) is 55.3 Å². The minimum absolute atomic E-state index is 0.0380. The fourth-order valence-corrected chi connectivity index (χ4v) is 3.06. The highest BCUT2D eigenvalue weighted by Crippen LogP contribution is 2.29. The molecule has 2 heterocycles. The maximum absolute atomic E-state index is 12.9. The Balaban J connectivity index is 1.90. The first-order chi connectivity index (χ1) is 10.6. The average Bonchev–Trinajstić information content (AvgIpc) is 3.12. The van der Waals surface area contributed by atoms with Crippen molar-refractivity contribution in [2.24, 2.45) is 0 Å². The predicted molar refractivity (Wildman–Crippen MR) is 86.9 cm³/mol. The Kier molecular flexibility index (Phi) is 4.03. The molecule has 1 amide bonds. The van der Waals surface area contributed by atoms with E-state index in [2.05, 4.69) is 11.9 Å².